The van der Waals surface area contributed by atoms with Crippen LogP contribution >= 0.6 is 0 Å². The molecule has 0 fully saturated rings. The summed E-state index contributed by atoms with van der Waals surface area (Å²) in [5.41, 5.74) is 0.392. The van der Waals surface area contributed by atoms with Crippen LogP contribution in [-0.2, 0) is 4.74 Å². The first-order chi connectivity index (χ1) is 8.67. The molecule has 1 aromatic heterocycles. The van der Waals surface area contributed by atoms with Crippen molar-refractivity contribution in [2.75, 3.05) is 13.7 Å². The smallest absolute Gasteiger partial charge is 0.338 e. The Morgan fingerprint density at radius 1 is 1.39 bits per heavy atom. The number of hydrogen-bond acceptors (Lipinski definition) is 5. The van der Waals surface area contributed by atoms with Crippen molar-refractivity contribution in [1.29, 1.82) is 0 Å². The number of hydrogen-bond donors (Lipinski definition) is 0. The third-order valence-corrected chi connectivity index (χ3v) is 2.47. The van der Waals surface area contributed by atoms with Crippen molar-refractivity contribution in [3.63, 3.8) is 0 Å². The molecular weight excluding hydrogens is 236 g/mol. The van der Waals surface area contributed by atoms with Gasteiger partial charge in [-0.15, -0.1) is 0 Å². The van der Waals surface area contributed by atoms with E-state index in [1.54, 1.807) is 19.1 Å². The minimum absolute atomic E-state index is 0.100. The number of benzene rings is 1. The maximum atomic E-state index is 12.0. The van der Waals surface area contributed by atoms with E-state index in [0.29, 0.717) is 16.5 Å². The summed E-state index contributed by atoms with van der Waals surface area (Å²) in [5.74, 6) is -0.370. The van der Waals surface area contributed by atoms with Crippen LogP contribution in [0.2, 0.25) is 0 Å². The summed E-state index contributed by atoms with van der Waals surface area (Å²) in [4.78, 5) is 23.5. The molecule has 0 atom stereocenters. The van der Waals surface area contributed by atoms with E-state index in [-0.39, 0.29) is 17.8 Å². The third kappa shape index (κ3) is 2.07. The molecule has 5 heteroatoms. The SMILES string of the molecule is CCOC(=O)c1ccc2occ(OC)c(=O)c2c1. The molecule has 0 spiro atoms. The van der Waals surface area contributed by atoms with E-state index in [9.17, 15) is 9.59 Å². The molecule has 0 aliphatic carbocycles. The Hall–Kier alpha value is -2.30. The van der Waals surface area contributed by atoms with Crippen LogP contribution in [0.15, 0.2) is 33.7 Å². The number of carbonyl (C=O) groups is 1. The Bertz CT molecular complexity index is 641. The van der Waals surface area contributed by atoms with Crippen LogP contribution in [0.5, 0.6) is 5.75 Å². The van der Waals surface area contributed by atoms with E-state index >= 15 is 0 Å². The fraction of sp³-hybridized carbons (Fsp3) is 0.231. The number of carbonyl (C=O) groups excluding carboxylic acids is 1. The van der Waals surface area contributed by atoms with Gasteiger partial charge in [-0.1, -0.05) is 0 Å². The highest BCUT2D eigenvalue weighted by atomic mass is 16.5. The van der Waals surface area contributed by atoms with Gasteiger partial charge in [0.1, 0.15) is 11.8 Å². The van der Waals surface area contributed by atoms with Gasteiger partial charge >= 0.3 is 5.97 Å². The second-order valence-electron chi connectivity index (χ2n) is 3.56. The molecule has 0 radical (unpaired) electrons. The van der Waals surface area contributed by atoms with Gasteiger partial charge in [0.05, 0.1) is 24.7 Å². The van der Waals surface area contributed by atoms with Crippen LogP contribution < -0.4 is 10.2 Å². The first-order valence-electron chi connectivity index (χ1n) is 5.44. The van der Waals surface area contributed by atoms with E-state index in [1.807, 2.05) is 0 Å². The van der Waals surface area contributed by atoms with Gasteiger partial charge in [-0.05, 0) is 25.1 Å². The predicted octanol–water partition coefficient (Wildman–Crippen LogP) is 1.98. The van der Waals surface area contributed by atoms with Crippen molar-refractivity contribution >= 4 is 16.9 Å². The van der Waals surface area contributed by atoms with Crippen LogP contribution in [0.3, 0.4) is 0 Å². The summed E-state index contributed by atoms with van der Waals surface area (Å²) in [6.45, 7) is 2.00. The second kappa shape index (κ2) is 4.91. The molecule has 1 heterocycles. The number of rotatable bonds is 3. The highest BCUT2D eigenvalue weighted by molar-refractivity contribution is 5.94. The van der Waals surface area contributed by atoms with E-state index in [0.717, 1.165) is 0 Å². The minimum atomic E-state index is -0.471. The zero-order valence-corrected chi connectivity index (χ0v) is 10.1. The van der Waals surface area contributed by atoms with Crippen molar-refractivity contribution < 1.29 is 18.7 Å². The van der Waals surface area contributed by atoms with Crippen LogP contribution in [0.4, 0.5) is 0 Å². The zero-order chi connectivity index (χ0) is 13.1. The molecule has 0 aliphatic rings. The maximum Gasteiger partial charge on any atom is 0.338 e. The number of fused-ring (bicyclic) bond motifs is 1. The molecule has 0 saturated carbocycles. The second-order valence-corrected chi connectivity index (χ2v) is 3.56. The topological polar surface area (TPSA) is 65.7 Å². The van der Waals surface area contributed by atoms with Crippen molar-refractivity contribution in [3.05, 3.63) is 40.2 Å². The van der Waals surface area contributed by atoms with E-state index < -0.39 is 5.97 Å². The number of esters is 1. The summed E-state index contributed by atoms with van der Waals surface area (Å²) in [7, 11) is 1.38. The summed E-state index contributed by atoms with van der Waals surface area (Å²) < 4.78 is 15.0. The summed E-state index contributed by atoms with van der Waals surface area (Å²) in [6, 6.07) is 4.56. The Morgan fingerprint density at radius 3 is 2.83 bits per heavy atom. The van der Waals surface area contributed by atoms with E-state index in [4.69, 9.17) is 13.9 Å². The third-order valence-electron chi connectivity index (χ3n) is 2.47. The van der Waals surface area contributed by atoms with Gasteiger partial charge in [-0.25, -0.2) is 4.79 Å². The average molecular weight is 248 g/mol. The standard InChI is InChI=1S/C13H12O5/c1-3-17-13(15)8-4-5-10-9(6-8)12(14)11(16-2)7-18-10/h4-7H,3H2,1-2H3. The van der Waals surface area contributed by atoms with E-state index in [2.05, 4.69) is 0 Å². The van der Waals surface area contributed by atoms with Gasteiger partial charge in [0.15, 0.2) is 0 Å². The largest absolute Gasteiger partial charge is 0.490 e. The molecule has 0 bridgehead atoms. The molecule has 1 aromatic carbocycles. The lowest BCUT2D eigenvalue weighted by molar-refractivity contribution is 0.0526. The van der Waals surface area contributed by atoms with Crippen molar-refractivity contribution in [3.8, 4) is 5.75 Å². The molecule has 5 nitrogen and oxygen atoms in total. The average Bonchev–Trinajstić information content (AvgIpc) is 2.39. The Morgan fingerprint density at radius 2 is 2.17 bits per heavy atom. The Labute approximate surface area is 103 Å². The number of ether oxygens (including phenoxy) is 2. The van der Waals surface area contributed by atoms with Gasteiger partial charge in [0.2, 0.25) is 11.2 Å². The predicted molar refractivity (Wildman–Crippen MR) is 65.0 cm³/mol. The quantitative estimate of drug-likeness (QED) is 0.777. The molecule has 0 saturated heterocycles. The first-order valence-corrected chi connectivity index (χ1v) is 5.44. The fourth-order valence-electron chi connectivity index (χ4n) is 1.60. The van der Waals surface area contributed by atoms with Gasteiger partial charge < -0.3 is 13.9 Å². The molecule has 18 heavy (non-hydrogen) atoms. The molecular formula is C13H12O5. The molecule has 0 amide bonds. The first kappa shape index (κ1) is 12.2. The Balaban J connectivity index is 2.59. The lowest BCUT2D eigenvalue weighted by Crippen LogP contribution is -2.08. The summed E-state index contributed by atoms with van der Waals surface area (Å²) >= 11 is 0. The normalized spacial score (nSPS) is 10.3. The minimum Gasteiger partial charge on any atom is -0.490 e. The van der Waals surface area contributed by atoms with Gasteiger partial charge in [-0.2, -0.15) is 0 Å². The lowest BCUT2D eigenvalue weighted by atomic mass is 10.1. The van der Waals surface area contributed by atoms with E-state index in [1.165, 1.54) is 19.4 Å². The van der Waals surface area contributed by atoms with Gasteiger partial charge in [0.25, 0.3) is 0 Å². The van der Waals surface area contributed by atoms with Crippen molar-refractivity contribution in [2.45, 2.75) is 6.92 Å². The van der Waals surface area contributed by atoms with Gasteiger partial charge in [-0.3, -0.25) is 4.79 Å². The summed E-state index contributed by atoms with van der Waals surface area (Å²) in [5, 5.41) is 0.292. The molecule has 0 aliphatic heterocycles. The molecule has 94 valence electrons. The Kier molecular flexibility index (Phi) is 3.32. The van der Waals surface area contributed by atoms with Crippen LogP contribution in [0, 0.1) is 0 Å². The van der Waals surface area contributed by atoms with Crippen molar-refractivity contribution in [2.24, 2.45) is 0 Å². The fourth-order valence-corrected chi connectivity index (χ4v) is 1.60. The van der Waals surface area contributed by atoms with Crippen LogP contribution in [0.1, 0.15) is 17.3 Å². The molecule has 0 N–H and O–H groups in total. The van der Waals surface area contributed by atoms with Gasteiger partial charge in [0, 0.05) is 0 Å². The highest BCUT2D eigenvalue weighted by Gasteiger charge is 2.12. The lowest BCUT2D eigenvalue weighted by Gasteiger charge is -2.04. The highest BCUT2D eigenvalue weighted by Crippen LogP contribution is 2.17. The number of methoxy groups -OCH3 is 1. The van der Waals surface area contributed by atoms with Crippen LogP contribution in [0.25, 0.3) is 11.0 Å². The monoisotopic (exact) mass is 248 g/mol. The van der Waals surface area contributed by atoms with Crippen LogP contribution in [-0.4, -0.2) is 19.7 Å². The molecule has 0 unspecified atom stereocenters. The maximum absolute atomic E-state index is 12.0. The van der Waals surface area contributed by atoms with Crippen molar-refractivity contribution in [1.82, 2.24) is 0 Å². The molecule has 2 aromatic rings. The zero-order valence-electron chi connectivity index (χ0n) is 10.1. The summed E-state index contributed by atoms with van der Waals surface area (Å²) in [6.07, 6.45) is 1.24. The molecule has 2 rings (SSSR count).